The lowest BCUT2D eigenvalue weighted by molar-refractivity contribution is -0.141. The molecule has 0 N–H and O–H groups in total. The molecule has 2 aromatic rings. The molecule has 144 valence electrons. The van der Waals surface area contributed by atoms with Gasteiger partial charge in [-0.1, -0.05) is 38.6 Å². The number of aromatic nitrogens is 2. The standard InChI is InChI=1S/C19H19F3N2OS2/c1-17(2)10-6-7-18(17,3)15(14(10)25)27-16-23-11(12-5-4-8-26-12)9-13(24-16)19(20,21)22/h4-5,8-10,15H,6-7H2,1-3H3/t10-,15+,18-/m0/s1. The van der Waals surface area contributed by atoms with E-state index < -0.39 is 17.1 Å². The van der Waals surface area contributed by atoms with Crippen molar-refractivity contribution in [3.05, 3.63) is 29.3 Å². The van der Waals surface area contributed by atoms with Gasteiger partial charge in [-0.25, -0.2) is 9.97 Å². The molecule has 2 aliphatic carbocycles. The summed E-state index contributed by atoms with van der Waals surface area (Å²) >= 11 is 2.42. The largest absolute Gasteiger partial charge is 0.433 e. The van der Waals surface area contributed by atoms with Gasteiger partial charge in [0.25, 0.3) is 0 Å². The lowest BCUT2D eigenvalue weighted by Crippen LogP contribution is -2.35. The van der Waals surface area contributed by atoms with Crippen molar-refractivity contribution in [1.82, 2.24) is 9.97 Å². The maximum absolute atomic E-state index is 13.4. The zero-order valence-corrected chi connectivity index (χ0v) is 16.8. The smallest absolute Gasteiger partial charge is 0.298 e. The number of alkyl halides is 3. The van der Waals surface area contributed by atoms with Crippen LogP contribution in [0.15, 0.2) is 28.7 Å². The summed E-state index contributed by atoms with van der Waals surface area (Å²) in [6, 6.07) is 4.48. The fourth-order valence-electron chi connectivity index (χ4n) is 4.46. The number of ketones is 1. The van der Waals surface area contributed by atoms with Crippen LogP contribution >= 0.6 is 23.1 Å². The zero-order chi connectivity index (χ0) is 19.6. The minimum atomic E-state index is -4.56. The number of hydrogen-bond donors (Lipinski definition) is 0. The Hall–Kier alpha value is -1.41. The molecule has 0 unspecified atom stereocenters. The van der Waals surface area contributed by atoms with Gasteiger partial charge in [-0.05, 0) is 41.2 Å². The van der Waals surface area contributed by atoms with Gasteiger partial charge in [-0.3, -0.25) is 4.79 Å². The topological polar surface area (TPSA) is 42.9 Å². The van der Waals surface area contributed by atoms with Gasteiger partial charge in [0, 0.05) is 5.92 Å². The first-order chi connectivity index (χ1) is 12.5. The molecule has 2 bridgehead atoms. The molecule has 2 aromatic heterocycles. The Morgan fingerprint density at radius 2 is 2.00 bits per heavy atom. The molecule has 0 radical (unpaired) electrons. The lowest BCUT2D eigenvalue weighted by atomic mass is 9.71. The molecule has 0 amide bonds. The third kappa shape index (κ3) is 2.83. The summed E-state index contributed by atoms with van der Waals surface area (Å²) in [5.41, 5.74) is -1.15. The van der Waals surface area contributed by atoms with Gasteiger partial charge in [0.15, 0.2) is 5.16 Å². The van der Waals surface area contributed by atoms with E-state index in [2.05, 4.69) is 30.7 Å². The molecular formula is C19H19F3N2OS2. The number of rotatable bonds is 3. The van der Waals surface area contributed by atoms with Crippen molar-refractivity contribution in [1.29, 1.82) is 0 Å². The van der Waals surface area contributed by atoms with E-state index in [9.17, 15) is 18.0 Å². The molecule has 0 spiro atoms. The van der Waals surface area contributed by atoms with Gasteiger partial charge < -0.3 is 0 Å². The monoisotopic (exact) mass is 412 g/mol. The number of carbonyl (C=O) groups excluding carboxylic acids is 1. The fraction of sp³-hybridized carbons (Fsp3) is 0.526. The lowest BCUT2D eigenvalue weighted by Gasteiger charge is -2.37. The average Bonchev–Trinajstić information content (AvgIpc) is 3.21. The summed E-state index contributed by atoms with van der Waals surface area (Å²) in [7, 11) is 0. The predicted molar refractivity (Wildman–Crippen MR) is 99.6 cm³/mol. The van der Waals surface area contributed by atoms with E-state index in [0.717, 1.165) is 30.7 Å². The molecule has 2 saturated carbocycles. The Balaban J connectivity index is 1.74. The highest BCUT2D eigenvalue weighted by molar-refractivity contribution is 8.00. The Labute approximate surface area is 163 Å². The van der Waals surface area contributed by atoms with E-state index in [0.29, 0.717) is 4.88 Å². The van der Waals surface area contributed by atoms with Crippen LogP contribution < -0.4 is 0 Å². The maximum atomic E-state index is 13.4. The molecule has 2 fully saturated rings. The maximum Gasteiger partial charge on any atom is 0.433 e. The molecule has 27 heavy (non-hydrogen) atoms. The summed E-state index contributed by atoms with van der Waals surface area (Å²) < 4.78 is 40.1. The highest BCUT2D eigenvalue weighted by atomic mass is 32.2. The SMILES string of the molecule is CC1(C)[C@H]2CC[C@@]1(C)[C@H](Sc1nc(-c3cccs3)cc(C(F)(F)F)n1)C2=O. The van der Waals surface area contributed by atoms with Crippen LogP contribution in [0.5, 0.6) is 0 Å². The number of nitrogens with zero attached hydrogens (tertiary/aromatic N) is 2. The first kappa shape index (κ1) is 18.9. The van der Waals surface area contributed by atoms with Crippen LogP contribution in [0.3, 0.4) is 0 Å². The summed E-state index contributed by atoms with van der Waals surface area (Å²) in [6.07, 6.45) is -2.82. The zero-order valence-electron chi connectivity index (χ0n) is 15.1. The van der Waals surface area contributed by atoms with Gasteiger partial charge in [0.1, 0.15) is 11.5 Å². The minimum Gasteiger partial charge on any atom is -0.298 e. The third-order valence-electron chi connectivity index (χ3n) is 6.47. The van der Waals surface area contributed by atoms with Gasteiger partial charge in [-0.2, -0.15) is 13.2 Å². The van der Waals surface area contributed by atoms with Crippen molar-refractivity contribution in [2.75, 3.05) is 0 Å². The van der Waals surface area contributed by atoms with Crippen molar-refractivity contribution in [2.24, 2.45) is 16.7 Å². The van der Waals surface area contributed by atoms with E-state index in [1.165, 1.54) is 11.3 Å². The second kappa shape index (κ2) is 6.04. The Bertz CT molecular complexity index is 895. The number of hydrogen-bond acceptors (Lipinski definition) is 5. The number of carbonyl (C=O) groups is 1. The summed E-state index contributed by atoms with van der Waals surface area (Å²) in [5, 5.41) is 1.41. The van der Waals surface area contributed by atoms with Crippen molar-refractivity contribution in [3.63, 3.8) is 0 Å². The molecule has 3 nitrogen and oxygen atoms in total. The van der Waals surface area contributed by atoms with Crippen LogP contribution in [0, 0.1) is 16.7 Å². The van der Waals surface area contributed by atoms with E-state index >= 15 is 0 Å². The highest BCUT2D eigenvalue weighted by Crippen LogP contribution is 2.67. The second-order valence-corrected chi connectivity index (χ2v) is 10.0. The van der Waals surface area contributed by atoms with E-state index in [-0.39, 0.29) is 33.4 Å². The number of thioether (sulfide) groups is 1. The molecule has 4 rings (SSSR count). The molecule has 2 aliphatic rings. The van der Waals surface area contributed by atoms with E-state index in [1.54, 1.807) is 17.5 Å². The van der Waals surface area contributed by atoms with Crippen LogP contribution in [0.25, 0.3) is 10.6 Å². The highest BCUT2D eigenvalue weighted by Gasteiger charge is 2.66. The quantitative estimate of drug-likeness (QED) is 0.606. The Morgan fingerprint density at radius 1 is 1.26 bits per heavy atom. The van der Waals surface area contributed by atoms with Crippen LogP contribution in [0.1, 0.15) is 39.3 Å². The van der Waals surface area contributed by atoms with Crippen LogP contribution in [-0.4, -0.2) is 21.0 Å². The molecule has 0 saturated heterocycles. The second-order valence-electron chi connectivity index (χ2n) is 8.03. The normalized spacial score (nSPS) is 29.5. The third-order valence-corrected chi connectivity index (χ3v) is 8.74. The number of fused-ring (bicyclic) bond motifs is 2. The van der Waals surface area contributed by atoms with Crippen molar-refractivity contribution >= 4 is 28.9 Å². The molecule has 8 heteroatoms. The molecule has 3 atom stereocenters. The first-order valence-electron chi connectivity index (χ1n) is 8.74. The van der Waals surface area contributed by atoms with Gasteiger partial charge in [-0.15, -0.1) is 11.3 Å². The van der Waals surface area contributed by atoms with E-state index in [1.807, 2.05) is 0 Å². The molecule has 2 heterocycles. The number of thiophene rings is 1. The summed E-state index contributed by atoms with van der Waals surface area (Å²) in [5.74, 6) is 0.0833. The van der Waals surface area contributed by atoms with Crippen LogP contribution in [0.4, 0.5) is 13.2 Å². The van der Waals surface area contributed by atoms with E-state index in [4.69, 9.17) is 0 Å². The Morgan fingerprint density at radius 3 is 2.56 bits per heavy atom. The van der Waals surface area contributed by atoms with Gasteiger partial charge >= 0.3 is 6.18 Å². The predicted octanol–water partition coefficient (Wildman–Crippen LogP) is 5.71. The number of Topliss-reactive ketones (excluding diaryl/α,β-unsaturated/α-hetero) is 1. The van der Waals surface area contributed by atoms with Crippen LogP contribution in [-0.2, 0) is 11.0 Å². The minimum absolute atomic E-state index is 0.0242. The molecule has 0 aromatic carbocycles. The fourth-order valence-corrected chi connectivity index (χ4v) is 6.62. The van der Waals surface area contributed by atoms with Crippen molar-refractivity contribution in [3.8, 4) is 10.6 Å². The van der Waals surface area contributed by atoms with Gasteiger partial charge in [0.2, 0.25) is 0 Å². The van der Waals surface area contributed by atoms with Crippen molar-refractivity contribution < 1.29 is 18.0 Å². The summed E-state index contributed by atoms with van der Waals surface area (Å²) in [6.45, 7) is 6.25. The van der Waals surface area contributed by atoms with Crippen LogP contribution in [0.2, 0.25) is 0 Å². The van der Waals surface area contributed by atoms with Gasteiger partial charge in [0.05, 0.1) is 15.8 Å². The first-order valence-corrected chi connectivity index (χ1v) is 10.5. The molecular weight excluding hydrogens is 393 g/mol. The number of halogens is 3. The summed E-state index contributed by atoms with van der Waals surface area (Å²) in [4.78, 5) is 21.7. The average molecular weight is 413 g/mol. The van der Waals surface area contributed by atoms with Crippen molar-refractivity contribution in [2.45, 2.75) is 50.2 Å². The molecule has 0 aliphatic heterocycles. The Kier molecular flexibility index (Phi) is 4.24.